The first-order valence-electron chi connectivity index (χ1n) is 4.90. The molecule has 2 aromatic rings. The third-order valence-corrected chi connectivity index (χ3v) is 2.23. The Labute approximate surface area is 92.9 Å². The van der Waals surface area contributed by atoms with Gasteiger partial charge in [-0.05, 0) is 18.2 Å². The summed E-state index contributed by atoms with van der Waals surface area (Å²) in [6, 6.07) is 5.04. The van der Waals surface area contributed by atoms with Crippen molar-refractivity contribution in [3.8, 4) is 0 Å². The van der Waals surface area contributed by atoms with E-state index in [1.165, 1.54) is 0 Å². The van der Waals surface area contributed by atoms with E-state index in [0.717, 1.165) is 0 Å². The first kappa shape index (κ1) is 10.5. The summed E-state index contributed by atoms with van der Waals surface area (Å²) in [5.41, 5.74) is 7.16. The Hall–Kier alpha value is -2.01. The number of carbonyl (C=O) groups excluding carboxylic acids is 1. The standard InChI is InChI=1S/C11H12N4O/c1-15-5-3-10(14-15)11(16)8-2-4-13-9(6-8)7-12/h2-6H,7,12H2,1H3. The molecule has 0 radical (unpaired) electrons. The number of aromatic nitrogens is 3. The highest BCUT2D eigenvalue weighted by Gasteiger charge is 2.12. The zero-order valence-electron chi connectivity index (χ0n) is 8.92. The molecule has 2 rings (SSSR count). The van der Waals surface area contributed by atoms with E-state index >= 15 is 0 Å². The molecule has 0 spiro atoms. The van der Waals surface area contributed by atoms with Gasteiger partial charge in [0.25, 0.3) is 0 Å². The molecule has 0 fully saturated rings. The van der Waals surface area contributed by atoms with Crippen molar-refractivity contribution in [2.24, 2.45) is 12.8 Å². The van der Waals surface area contributed by atoms with Crippen LogP contribution >= 0.6 is 0 Å². The molecule has 2 aromatic heterocycles. The number of rotatable bonds is 3. The number of nitrogens with two attached hydrogens (primary N) is 1. The molecule has 2 heterocycles. The molecule has 0 saturated carbocycles. The molecule has 0 amide bonds. The lowest BCUT2D eigenvalue weighted by atomic mass is 10.1. The average molecular weight is 216 g/mol. The van der Waals surface area contributed by atoms with E-state index in [1.807, 2.05) is 0 Å². The van der Waals surface area contributed by atoms with Gasteiger partial charge in [0.1, 0.15) is 5.69 Å². The fourth-order valence-corrected chi connectivity index (χ4v) is 1.42. The number of hydrogen-bond donors (Lipinski definition) is 1. The first-order chi connectivity index (χ1) is 7.70. The average Bonchev–Trinajstić information content (AvgIpc) is 2.75. The van der Waals surface area contributed by atoms with Crippen LogP contribution < -0.4 is 5.73 Å². The van der Waals surface area contributed by atoms with Crippen LogP contribution in [0.5, 0.6) is 0 Å². The number of hydrogen-bond acceptors (Lipinski definition) is 4. The van der Waals surface area contributed by atoms with Crippen molar-refractivity contribution < 1.29 is 4.79 Å². The van der Waals surface area contributed by atoms with E-state index in [0.29, 0.717) is 23.5 Å². The van der Waals surface area contributed by atoms with Gasteiger partial charge in [-0.3, -0.25) is 14.5 Å². The van der Waals surface area contributed by atoms with Crippen molar-refractivity contribution in [3.63, 3.8) is 0 Å². The molecule has 0 saturated heterocycles. The normalized spacial score (nSPS) is 10.4. The zero-order valence-corrected chi connectivity index (χ0v) is 8.92. The third-order valence-electron chi connectivity index (χ3n) is 2.23. The van der Waals surface area contributed by atoms with Gasteiger partial charge in [-0.2, -0.15) is 5.10 Å². The van der Waals surface area contributed by atoms with Gasteiger partial charge in [-0.15, -0.1) is 0 Å². The Balaban J connectivity index is 2.33. The lowest BCUT2D eigenvalue weighted by Gasteiger charge is -1.99. The monoisotopic (exact) mass is 216 g/mol. The zero-order chi connectivity index (χ0) is 11.5. The number of pyridine rings is 1. The van der Waals surface area contributed by atoms with Gasteiger partial charge >= 0.3 is 0 Å². The highest BCUT2D eigenvalue weighted by molar-refractivity contribution is 6.07. The molecule has 5 nitrogen and oxygen atoms in total. The quantitative estimate of drug-likeness (QED) is 0.758. The molecule has 0 aliphatic rings. The topological polar surface area (TPSA) is 73.8 Å². The molecule has 0 aliphatic heterocycles. The summed E-state index contributed by atoms with van der Waals surface area (Å²) in [6.07, 6.45) is 3.32. The Morgan fingerprint density at radius 2 is 2.31 bits per heavy atom. The van der Waals surface area contributed by atoms with E-state index in [1.54, 1.807) is 42.3 Å². The number of aryl methyl sites for hydroxylation is 1. The summed E-state index contributed by atoms with van der Waals surface area (Å²) in [5.74, 6) is -0.113. The summed E-state index contributed by atoms with van der Waals surface area (Å²) in [6.45, 7) is 0.323. The summed E-state index contributed by atoms with van der Waals surface area (Å²) >= 11 is 0. The van der Waals surface area contributed by atoms with Crippen LogP contribution in [-0.2, 0) is 13.6 Å². The molecule has 82 valence electrons. The Morgan fingerprint density at radius 3 is 2.94 bits per heavy atom. The van der Waals surface area contributed by atoms with Gasteiger partial charge in [0.05, 0.1) is 5.69 Å². The largest absolute Gasteiger partial charge is 0.325 e. The minimum absolute atomic E-state index is 0.113. The van der Waals surface area contributed by atoms with E-state index in [4.69, 9.17) is 5.73 Å². The lowest BCUT2D eigenvalue weighted by molar-refractivity contribution is 0.103. The van der Waals surface area contributed by atoms with Gasteiger partial charge in [-0.1, -0.05) is 0 Å². The van der Waals surface area contributed by atoms with Crippen LogP contribution in [0.25, 0.3) is 0 Å². The summed E-state index contributed by atoms with van der Waals surface area (Å²) in [4.78, 5) is 16.0. The second-order valence-electron chi connectivity index (χ2n) is 3.44. The van der Waals surface area contributed by atoms with Crippen molar-refractivity contribution in [2.75, 3.05) is 0 Å². The maximum absolute atomic E-state index is 12.0. The van der Waals surface area contributed by atoms with Gasteiger partial charge < -0.3 is 5.73 Å². The molecule has 0 aliphatic carbocycles. The molecule has 2 N–H and O–H groups in total. The van der Waals surface area contributed by atoms with Gasteiger partial charge in [0, 0.05) is 31.5 Å². The van der Waals surface area contributed by atoms with E-state index in [-0.39, 0.29) is 5.78 Å². The maximum Gasteiger partial charge on any atom is 0.213 e. The van der Waals surface area contributed by atoms with Gasteiger partial charge in [0.15, 0.2) is 0 Å². The van der Waals surface area contributed by atoms with E-state index in [2.05, 4.69) is 10.1 Å². The molecular formula is C11H12N4O. The van der Waals surface area contributed by atoms with Crippen LogP contribution in [0.15, 0.2) is 30.6 Å². The molecule has 0 atom stereocenters. The van der Waals surface area contributed by atoms with Crippen molar-refractivity contribution >= 4 is 5.78 Å². The van der Waals surface area contributed by atoms with Crippen molar-refractivity contribution in [1.29, 1.82) is 0 Å². The lowest BCUT2D eigenvalue weighted by Crippen LogP contribution is -2.06. The second-order valence-corrected chi connectivity index (χ2v) is 3.44. The van der Waals surface area contributed by atoms with Crippen LogP contribution in [0.4, 0.5) is 0 Å². The highest BCUT2D eigenvalue weighted by Crippen LogP contribution is 2.08. The fraction of sp³-hybridized carbons (Fsp3) is 0.182. The Kier molecular flexibility index (Phi) is 2.78. The minimum Gasteiger partial charge on any atom is -0.325 e. The van der Waals surface area contributed by atoms with E-state index in [9.17, 15) is 4.79 Å². The SMILES string of the molecule is Cn1ccc(C(=O)c2ccnc(CN)c2)n1. The van der Waals surface area contributed by atoms with E-state index < -0.39 is 0 Å². The minimum atomic E-state index is -0.113. The predicted molar refractivity (Wildman–Crippen MR) is 58.8 cm³/mol. The predicted octanol–water partition coefficient (Wildman–Crippen LogP) is 0.505. The number of carbonyl (C=O) groups is 1. The third kappa shape index (κ3) is 1.99. The molecule has 0 bridgehead atoms. The number of nitrogens with zero attached hydrogens (tertiary/aromatic N) is 3. The van der Waals surface area contributed by atoms with Crippen molar-refractivity contribution in [3.05, 3.63) is 47.5 Å². The molecule has 0 unspecified atom stereocenters. The van der Waals surface area contributed by atoms with Crippen LogP contribution in [0, 0.1) is 0 Å². The Bertz CT molecular complexity index is 518. The molecular weight excluding hydrogens is 204 g/mol. The molecule has 16 heavy (non-hydrogen) atoms. The number of ketones is 1. The van der Waals surface area contributed by atoms with Crippen molar-refractivity contribution in [2.45, 2.75) is 6.54 Å². The van der Waals surface area contributed by atoms with Crippen LogP contribution in [-0.4, -0.2) is 20.5 Å². The van der Waals surface area contributed by atoms with Crippen molar-refractivity contribution in [1.82, 2.24) is 14.8 Å². The van der Waals surface area contributed by atoms with Crippen LogP contribution in [0.3, 0.4) is 0 Å². The van der Waals surface area contributed by atoms with Crippen LogP contribution in [0.1, 0.15) is 21.7 Å². The second kappa shape index (κ2) is 4.24. The summed E-state index contributed by atoms with van der Waals surface area (Å²) in [7, 11) is 1.77. The highest BCUT2D eigenvalue weighted by atomic mass is 16.1. The summed E-state index contributed by atoms with van der Waals surface area (Å²) < 4.78 is 1.60. The molecule has 5 heteroatoms. The first-order valence-corrected chi connectivity index (χ1v) is 4.90. The van der Waals surface area contributed by atoms with Crippen LogP contribution in [0.2, 0.25) is 0 Å². The fourth-order valence-electron chi connectivity index (χ4n) is 1.42. The smallest absolute Gasteiger partial charge is 0.213 e. The Morgan fingerprint density at radius 1 is 1.50 bits per heavy atom. The van der Waals surface area contributed by atoms with Gasteiger partial charge in [-0.25, -0.2) is 0 Å². The maximum atomic E-state index is 12.0. The van der Waals surface area contributed by atoms with Gasteiger partial charge in [0.2, 0.25) is 5.78 Å². The molecule has 0 aromatic carbocycles. The summed E-state index contributed by atoms with van der Waals surface area (Å²) in [5, 5.41) is 4.06.